The summed E-state index contributed by atoms with van der Waals surface area (Å²) in [5, 5.41) is 16.7. The smallest absolute Gasteiger partial charge is 0.244 e. The highest BCUT2D eigenvalue weighted by Gasteiger charge is 2.31. The molecule has 10 heteroatoms. The average molecular weight is 389 g/mol. The van der Waals surface area contributed by atoms with Gasteiger partial charge in [0.2, 0.25) is 27.7 Å². The van der Waals surface area contributed by atoms with E-state index in [9.17, 15) is 13.2 Å². The monoisotopic (exact) mass is 389 g/mol. The third-order valence-electron chi connectivity index (χ3n) is 4.34. The number of nitrogens with zero attached hydrogens (tertiary/aromatic N) is 5. The van der Waals surface area contributed by atoms with Gasteiger partial charge >= 0.3 is 0 Å². The standard InChI is InChI=1S/C17H19N5O4S/c1-13-19-20-16(26-13)6-7-17(23)21-8-10-22(11-9-21)27(24,25)15-5-3-2-4-14(15)12-18/h2-5H,6-11H2,1H3. The molecule has 2 aromatic rings. The molecule has 1 saturated heterocycles. The van der Waals surface area contributed by atoms with Crippen molar-refractivity contribution < 1.29 is 17.6 Å². The minimum Gasteiger partial charge on any atom is -0.426 e. The van der Waals surface area contributed by atoms with Gasteiger partial charge in [-0.05, 0) is 12.1 Å². The van der Waals surface area contributed by atoms with E-state index in [0.29, 0.717) is 31.3 Å². The summed E-state index contributed by atoms with van der Waals surface area (Å²) in [5.41, 5.74) is 0.117. The molecule has 27 heavy (non-hydrogen) atoms. The molecule has 0 saturated carbocycles. The van der Waals surface area contributed by atoms with Crippen molar-refractivity contribution in [3.05, 3.63) is 41.6 Å². The van der Waals surface area contributed by atoms with Gasteiger partial charge in [-0.25, -0.2) is 8.42 Å². The Morgan fingerprint density at radius 2 is 1.93 bits per heavy atom. The van der Waals surface area contributed by atoms with E-state index in [1.165, 1.54) is 16.4 Å². The van der Waals surface area contributed by atoms with Gasteiger partial charge in [0.05, 0.1) is 10.5 Å². The topological polar surface area (TPSA) is 120 Å². The Labute approximate surface area is 157 Å². The van der Waals surface area contributed by atoms with Crippen LogP contribution in [0.2, 0.25) is 0 Å². The number of sulfonamides is 1. The van der Waals surface area contributed by atoms with Gasteiger partial charge in [0.25, 0.3) is 0 Å². The fourth-order valence-corrected chi connectivity index (χ4v) is 4.48. The quantitative estimate of drug-likeness (QED) is 0.738. The van der Waals surface area contributed by atoms with Crippen molar-refractivity contribution >= 4 is 15.9 Å². The number of nitriles is 1. The van der Waals surface area contributed by atoms with E-state index in [-0.39, 0.29) is 35.9 Å². The number of benzene rings is 1. The Hall–Kier alpha value is -2.77. The van der Waals surface area contributed by atoms with Crippen LogP contribution < -0.4 is 0 Å². The Morgan fingerprint density at radius 3 is 2.56 bits per heavy atom. The minimum atomic E-state index is -3.77. The summed E-state index contributed by atoms with van der Waals surface area (Å²) in [5.74, 6) is 0.782. The molecule has 1 aliphatic rings. The number of carbonyl (C=O) groups is 1. The van der Waals surface area contributed by atoms with E-state index in [0.717, 1.165) is 0 Å². The van der Waals surface area contributed by atoms with Crippen molar-refractivity contribution in [2.75, 3.05) is 26.2 Å². The number of rotatable bonds is 5. The molecule has 2 heterocycles. The largest absolute Gasteiger partial charge is 0.426 e. The lowest BCUT2D eigenvalue weighted by Crippen LogP contribution is -2.50. The fourth-order valence-electron chi connectivity index (χ4n) is 2.91. The molecule has 1 aromatic heterocycles. The van der Waals surface area contributed by atoms with E-state index in [2.05, 4.69) is 10.2 Å². The van der Waals surface area contributed by atoms with E-state index in [1.54, 1.807) is 24.0 Å². The molecule has 1 fully saturated rings. The maximum Gasteiger partial charge on any atom is 0.244 e. The zero-order valence-corrected chi connectivity index (χ0v) is 15.6. The first-order chi connectivity index (χ1) is 12.9. The van der Waals surface area contributed by atoms with Crippen LogP contribution in [0.5, 0.6) is 0 Å². The summed E-state index contributed by atoms with van der Waals surface area (Å²) in [4.78, 5) is 14.0. The molecule has 0 aliphatic carbocycles. The van der Waals surface area contributed by atoms with E-state index < -0.39 is 10.0 Å². The summed E-state index contributed by atoms with van der Waals surface area (Å²) in [6.07, 6.45) is 0.583. The number of amides is 1. The van der Waals surface area contributed by atoms with E-state index in [1.807, 2.05) is 6.07 Å². The van der Waals surface area contributed by atoms with Crippen molar-refractivity contribution in [3.8, 4) is 6.07 Å². The van der Waals surface area contributed by atoms with Crippen LogP contribution in [0.4, 0.5) is 0 Å². The van der Waals surface area contributed by atoms with Gasteiger partial charge < -0.3 is 9.32 Å². The first kappa shape index (κ1) is 19.0. The first-order valence-corrected chi connectivity index (χ1v) is 9.92. The van der Waals surface area contributed by atoms with Gasteiger partial charge in [-0.3, -0.25) is 4.79 Å². The van der Waals surface area contributed by atoms with Crippen LogP contribution in [0.3, 0.4) is 0 Å². The van der Waals surface area contributed by atoms with Crippen LogP contribution in [-0.4, -0.2) is 59.9 Å². The number of hydrogen-bond acceptors (Lipinski definition) is 7. The van der Waals surface area contributed by atoms with Crippen LogP contribution >= 0.6 is 0 Å². The number of carbonyl (C=O) groups excluding carboxylic acids is 1. The molecule has 0 bridgehead atoms. The zero-order valence-electron chi connectivity index (χ0n) is 14.8. The molecular formula is C17H19N5O4S. The van der Waals surface area contributed by atoms with Gasteiger partial charge in [0.1, 0.15) is 6.07 Å². The molecule has 142 valence electrons. The van der Waals surface area contributed by atoms with Crippen molar-refractivity contribution in [3.63, 3.8) is 0 Å². The first-order valence-electron chi connectivity index (χ1n) is 8.48. The molecule has 0 N–H and O–H groups in total. The van der Waals surface area contributed by atoms with Crippen LogP contribution in [0.15, 0.2) is 33.6 Å². The summed E-state index contributed by atoms with van der Waals surface area (Å²) < 4.78 is 32.2. The van der Waals surface area contributed by atoms with E-state index >= 15 is 0 Å². The third-order valence-corrected chi connectivity index (χ3v) is 6.29. The normalized spacial score (nSPS) is 15.5. The Kier molecular flexibility index (Phi) is 5.53. The van der Waals surface area contributed by atoms with Gasteiger partial charge in [-0.2, -0.15) is 9.57 Å². The predicted octanol–water partition coefficient (Wildman–Crippen LogP) is 0.715. The van der Waals surface area contributed by atoms with Gasteiger partial charge in [0.15, 0.2) is 0 Å². The van der Waals surface area contributed by atoms with Crippen molar-refractivity contribution in [2.45, 2.75) is 24.7 Å². The molecule has 1 aliphatic heterocycles. The number of hydrogen-bond donors (Lipinski definition) is 0. The summed E-state index contributed by atoms with van der Waals surface area (Å²) in [7, 11) is -3.77. The maximum absolute atomic E-state index is 12.8. The second-order valence-electron chi connectivity index (χ2n) is 6.11. The molecule has 0 atom stereocenters. The summed E-state index contributed by atoms with van der Waals surface area (Å²) >= 11 is 0. The molecule has 9 nitrogen and oxygen atoms in total. The Morgan fingerprint density at radius 1 is 1.22 bits per heavy atom. The fraction of sp³-hybridized carbons (Fsp3) is 0.412. The van der Waals surface area contributed by atoms with E-state index in [4.69, 9.17) is 9.68 Å². The highest BCUT2D eigenvalue weighted by atomic mass is 32.2. The Balaban J connectivity index is 1.59. The van der Waals surface area contributed by atoms with Crippen molar-refractivity contribution in [2.24, 2.45) is 0 Å². The number of piperazine rings is 1. The number of aryl methyl sites for hydroxylation is 2. The van der Waals surface area contributed by atoms with Gasteiger partial charge in [-0.1, -0.05) is 12.1 Å². The van der Waals surface area contributed by atoms with Crippen LogP contribution in [0.25, 0.3) is 0 Å². The molecular weight excluding hydrogens is 370 g/mol. The number of aromatic nitrogens is 2. The third kappa shape index (κ3) is 4.15. The minimum absolute atomic E-state index is 0.000889. The van der Waals surface area contributed by atoms with Crippen LogP contribution in [0.1, 0.15) is 23.8 Å². The van der Waals surface area contributed by atoms with Crippen molar-refractivity contribution in [1.82, 2.24) is 19.4 Å². The summed E-state index contributed by atoms with van der Waals surface area (Å²) in [6, 6.07) is 8.03. The molecule has 0 radical (unpaired) electrons. The average Bonchev–Trinajstić information content (AvgIpc) is 3.11. The molecule has 3 rings (SSSR count). The van der Waals surface area contributed by atoms with Crippen LogP contribution in [0, 0.1) is 18.3 Å². The lowest BCUT2D eigenvalue weighted by atomic mass is 10.2. The predicted molar refractivity (Wildman–Crippen MR) is 93.9 cm³/mol. The molecule has 0 spiro atoms. The van der Waals surface area contributed by atoms with Crippen molar-refractivity contribution in [1.29, 1.82) is 5.26 Å². The SMILES string of the molecule is Cc1nnc(CCC(=O)N2CCN(S(=O)(=O)c3ccccc3C#N)CC2)o1. The van der Waals surface area contributed by atoms with Crippen LogP contribution in [-0.2, 0) is 21.2 Å². The highest BCUT2D eigenvalue weighted by Crippen LogP contribution is 2.21. The molecule has 1 amide bonds. The lowest BCUT2D eigenvalue weighted by Gasteiger charge is -2.34. The van der Waals surface area contributed by atoms with Gasteiger partial charge in [0, 0.05) is 45.9 Å². The highest BCUT2D eigenvalue weighted by molar-refractivity contribution is 7.89. The van der Waals surface area contributed by atoms with Gasteiger partial charge in [-0.15, -0.1) is 10.2 Å². The maximum atomic E-state index is 12.8. The Bertz CT molecular complexity index is 971. The lowest BCUT2D eigenvalue weighted by molar-refractivity contribution is -0.132. The summed E-state index contributed by atoms with van der Waals surface area (Å²) in [6.45, 7) is 2.66. The zero-order chi connectivity index (χ0) is 19.4. The molecule has 0 unspecified atom stereocenters. The second-order valence-corrected chi connectivity index (χ2v) is 8.01. The molecule has 1 aromatic carbocycles. The second kappa shape index (κ2) is 7.85.